The van der Waals surface area contributed by atoms with E-state index in [0.717, 1.165) is 11.1 Å². The standard InChI is InChI=1S/C22H19N2O4/c25-16-22(13-18-7-3-1-4-8-18,17-27-15-19-9-5-2-6-10-19)28-21(26)20-14-23-11-12-24-20/h1-10,12,14,16H,13,15,17H2. The Labute approximate surface area is 163 Å². The van der Waals surface area contributed by atoms with E-state index in [-0.39, 0.29) is 18.7 Å². The number of rotatable bonds is 9. The summed E-state index contributed by atoms with van der Waals surface area (Å²) in [6.45, 7) is 0.210. The Morgan fingerprint density at radius 3 is 2.32 bits per heavy atom. The average molecular weight is 375 g/mol. The van der Waals surface area contributed by atoms with Crippen LogP contribution in [0.5, 0.6) is 0 Å². The van der Waals surface area contributed by atoms with Gasteiger partial charge < -0.3 is 9.47 Å². The van der Waals surface area contributed by atoms with Crippen molar-refractivity contribution in [1.29, 1.82) is 0 Å². The highest BCUT2D eigenvalue weighted by Gasteiger charge is 2.36. The highest BCUT2D eigenvalue weighted by atomic mass is 16.6. The van der Waals surface area contributed by atoms with Gasteiger partial charge in [0.15, 0.2) is 17.6 Å². The van der Waals surface area contributed by atoms with Crippen LogP contribution in [0.3, 0.4) is 0 Å². The number of aldehydes is 1. The minimum atomic E-state index is -1.48. The molecule has 0 amide bonds. The molecular weight excluding hydrogens is 356 g/mol. The predicted molar refractivity (Wildman–Crippen MR) is 101 cm³/mol. The molecule has 1 aromatic heterocycles. The molecule has 141 valence electrons. The largest absolute Gasteiger partial charge is 0.444 e. The van der Waals surface area contributed by atoms with Crippen molar-refractivity contribution in [3.05, 3.63) is 96.1 Å². The molecule has 0 spiro atoms. The highest BCUT2D eigenvalue weighted by Crippen LogP contribution is 2.20. The van der Waals surface area contributed by atoms with Crippen LogP contribution in [0.1, 0.15) is 21.6 Å². The third-order valence-corrected chi connectivity index (χ3v) is 4.05. The van der Waals surface area contributed by atoms with Crippen LogP contribution in [0.15, 0.2) is 73.1 Å². The third kappa shape index (κ3) is 5.31. The predicted octanol–water partition coefficient (Wildman–Crippen LogP) is 2.83. The minimum Gasteiger partial charge on any atom is -0.444 e. The first-order valence-corrected chi connectivity index (χ1v) is 8.74. The number of hydrogen-bond acceptors (Lipinski definition) is 6. The summed E-state index contributed by atoms with van der Waals surface area (Å²) in [5.41, 5.74) is 0.325. The summed E-state index contributed by atoms with van der Waals surface area (Å²) in [5, 5.41) is 0. The fraction of sp³-hybridized carbons (Fsp3) is 0.182. The van der Waals surface area contributed by atoms with Gasteiger partial charge in [-0.1, -0.05) is 60.7 Å². The van der Waals surface area contributed by atoms with Gasteiger partial charge >= 0.3 is 5.97 Å². The van der Waals surface area contributed by atoms with E-state index in [1.54, 1.807) is 0 Å². The van der Waals surface area contributed by atoms with Gasteiger partial charge in [0.2, 0.25) is 0 Å². The summed E-state index contributed by atoms with van der Waals surface area (Å²) in [7, 11) is 0. The second kappa shape index (κ2) is 9.53. The molecule has 0 saturated heterocycles. The summed E-state index contributed by atoms with van der Waals surface area (Å²) in [6.07, 6.45) is 5.80. The molecule has 1 unspecified atom stereocenters. The molecule has 6 heteroatoms. The maximum absolute atomic E-state index is 12.5. The lowest BCUT2D eigenvalue weighted by Gasteiger charge is -2.28. The zero-order valence-corrected chi connectivity index (χ0v) is 15.2. The second-order valence-corrected chi connectivity index (χ2v) is 6.24. The molecule has 1 heterocycles. The van der Waals surface area contributed by atoms with Gasteiger partial charge in [-0.15, -0.1) is 0 Å². The van der Waals surface area contributed by atoms with Crippen molar-refractivity contribution in [2.24, 2.45) is 0 Å². The second-order valence-electron chi connectivity index (χ2n) is 6.24. The molecule has 0 saturated carbocycles. The lowest BCUT2D eigenvalue weighted by Crippen LogP contribution is -2.44. The Bertz CT molecular complexity index is 888. The average Bonchev–Trinajstić information content (AvgIpc) is 2.75. The van der Waals surface area contributed by atoms with Crippen molar-refractivity contribution in [1.82, 2.24) is 9.97 Å². The van der Waals surface area contributed by atoms with Crippen LogP contribution in [0.2, 0.25) is 0 Å². The van der Waals surface area contributed by atoms with E-state index in [0.29, 0.717) is 12.9 Å². The molecule has 28 heavy (non-hydrogen) atoms. The van der Waals surface area contributed by atoms with E-state index in [4.69, 9.17) is 9.47 Å². The van der Waals surface area contributed by atoms with Gasteiger partial charge in [-0.3, -0.25) is 9.78 Å². The van der Waals surface area contributed by atoms with E-state index in [9.17, 15) is 9.59 Å². The van der Waals surface area contributed by atoms with Crippen molar-refractivity contribution in [2.45, 2.75) is 18.6 Å². The minimum absolute atomic E-state index is 0.00101. The number of esters is 1. The van der Waals surface area contributed by atoms with Crippen molar-refractivity contribution in [3.8, 4) is 0 Å². The van der Waals surface area contributed by atoms with Crippen LogP contribution in [0.25, 0.3) is 0 Å². The lowest BCUT2D eigenvalue weighted by molar-refractivity contribution is -0.133. The number of ether oxygens (including phenoxy) is 2. The first kappa shape index (κ1) is 19.4. The van der Waals surface area contributed by atoms with Crippen molar-refractivity contribution in [3.63, 3.8) is 0 Å². The van der Waals surface area contributed by atoms with Crippen LogP contribution in [-0.4, -0.2) is 34.4 Å². The van der Waals surface area contributed by atoms with Gasteiger partial charge in [0.1, 0.15) is 6.20 Å². The zero-order chi connectivity index (χ0) is 19.7. The van der Waals surface area contributed by atoms with Gasteiger partial charge in [-0.25, -0.2) is 9.78 Å². The van der Waals surface area contributed by atoms with Gasteiger partial charge in [-0.05, 0) is 11.1 Å². The van der Waals surface area contributed by atoms with E-state index in [1.165, 1.54) is 12.4 Å². The number of nitrogens with zero attached hydrogens (tertiary/aromatic N) is 2. The third-order valence-electron chi connectivity index (χ3n) is 4.05. The van der Waals surface area contributed by atoms with E-state index >= 15 is 0 Å². The molecule has 2 aromatic carbocycles. The van der Waals surface area contributed by atoms with Crippen LogP contribution < -0.4 is 0 Å². The van der Waals surface area contributed by atoms with E-state index in [1.807, 2.05) is 60.7 Å². The van der Waals surface area contributed by atoms with Gasteiger partial charge in [0.25, 0.3) is 0 Å². The quantitative estimate of drug-likeness (QED) is 0.423. The van der Waals surface area contributed by atoms with Gasteiger partial charge in [0.05, 0.1) is 25.6 Å². The van der Waals surface area contributed by atoms with Crippen LogP contribution in [0.4, 0.5) is 0 Å². The molecule has 0 aliphatic carbocycles. The van der Waals surface area contributed by atoms with Crippen molar-refractivity contribution in [2.75, 3.05) is 6.61 Å². The van der Waals surface area contributed by atoms with Crippen LogP contribution in [0, 0.1) is 6.20 Å². The van der Waals surface area contributed by atoms with Gasteiger partial charge in [-0.2, -0.15) is 0 Å². The molecule has 0 bridgehead atoms. The molecular formula is C22H19N2O4. The first-order chi connectivity index (χ1) is 13.7. The molecule has 0 N–H and O–H groups in total. The number of benzene rings is 2. The number of aromatic nitrogens is 2. The first-order valence-electron chi connectivity index (χ1n) is 8.74. The molecule has 3 aromatic rings. The smallest absolute Gasteiger partial charge is 0.359 e. The van der Waals surface area contributed by atoms with E-state index in [2.05, 4.69) is 16.2 Å². The molecule has 1 radical (unpaired) electrons. The molecule has 0 aliphatic heterocycles. The SMILES string of the molecule is O=CC(COCc1ccccc1)(Cc1ccccc1)OC(=O)c1cn[c]cn1. The fourth-order valence-corrected chi connectivity index (χ4v) is 2.68. The maximum atomic E-state index is 12.5. The van der Waals surface area contributed by atoms with Crippen molar-refractivity contribution < 1.29 is 19.1 Å². The maximum Gasteiger partial charge on any atom is 0.359 e. The summed E-state index contributed by atoms with van der Waals surface area (Å²) < 4.78 is 11.3. The summed E-state index contributed by atoms with van der Waals surface area (Å²) >= 11 is 0. The monoisotopic (exact) mass is 375 g/mol. The summed E-state index contributed by atoms with van der Waals surface area (Å²) in [5.74, 6) is -0.743. The molecule has 6 nitrogen and oxygen atoms in total. The molecule has 0 aliphatic rings. The summed E-state index contributed by atoms with van der Waals surface area (Å²) in [4.78, 5) is 32.2. The Balaban J connectivity index is 1.77. The Hall–Kier alpha value is -3.38. The number of carbonyl (C=O) groups is 2. The number of hydrogen-bond donors (Lipinski definition) is 0. The fourth-order valence-electron chi connectivity index (χ4n) is 2.68. The Morgan fingerprint density at radius 2 is 1.71 bits per heavy atom. The van der Waals surface area contributed by atoms with Gasteiger partial charge in [0, 0.05) is 6.42 Å². The normalized spacial score (nSPS) is 12.7. The van der Waals surface area contributed by atoms with Crippen LogP contribution >= 0.6 is 0 Å². The zero-order valence-electron chi connectivity index (χ0n) is 15.2. The summed E-state index contributed by atoms with van der Waals surface area (Å²) in [6, 6.07) is 18.9. The van der Waals surface area contributed by atoms with Crippen LogP contribution in [-0.2, 0) is 27.3 Å². The Morgan fingerprint density at radius 1 is 1.04 bits per heavy atom. The molecule has 1 atom stereocenters. The highest BCUT2D eigenvalue weighted by molar-refractivity contribution is 5.88. The molecule has 3 rings (SSSR count). The Kier molecular flexibility index (Phi) is 6.59. The molecule has 0 fully saturated rings. The topological polar surface area (TPSA) is 78.4 Å². The lowest BCUT2D eigenvalue weighted by atomic mass is 9.96. The van der Waals surface area contributed by atoms with E-state index < -0.39 is 11.6 Å². The van der Waals surface area contributed by atoms with Crippen molar-refractivity contribution >= 4 is 12.3 Å². The number of carbonyl (C=O) groups excluding carboxylic acids is 2.